The maximum Gasteiger partial charge on any atom is 0.315 e. The lowest BCUT2D eigenvalue weighted by atomic mass is 9.85. The molecule has 1 saturated carbocycles. The molecule has 0 bridgehead atoms. The number of carbonyl (C=O) groups excluding carboxylic acids is 1. The van der Waals surface area contributed by atoms with Crippen molar-refractivity contribution in [2.45, 2.75) is 45.7 Å². The van der Waals surface area contributed by atoms with Gasteiger partial charge in [-0.1, -0.05) is 6.42 Å². The van der Waals surface area contributed by atoms with Crippen molar-refractivity contribution in [3.63, 3.8) is 0 Å². The first-order valence-corrected chi connectivity index (χ1v) is 6.70. The van der Waals surface area contributed by atoms with Crippen LogP contribution in [0.3, 0.4) is 0 Å². The van der Waals surface area contributed by atoms with Gasteiger partial charge in [0.2, 0.25) is 0 Å². The molecule has 20 heavy (non-hydrogen) atoms. The van der Waals surface area contributed by atoms with E-state index < -0.39 is 11.4 Å². The molecule has 7 nitrogen and oxygen atoms in total. The molecule has 1 fully saturated rings. The Kier molecular flexibility index (Phi) is 3.96. The first-order valence-electron chi connectivity index (χ1n) is 6.70. The van der Waals surface area contributed by atoms with Crippen LogP contribution in [-0.4, -0.2) is 33.3 Å². The van der Waals surface area contributed by atoms with Gasteiger partial charge < -0.3 is 15.7 Å². The zero-order chi connectivity index (χ0) is 14.8. The number of amides is 2. The Morgan fingerprint density at radius 1 is 1.60 bits per heavy atom. The van der Waals surface area contributed by atoms with Crippen molar-refractivity contribution in [1.29, 1.82) is 0 Å². The van der Waals surface area contributed by atoms with Gasteiger partial charge in [-0.3, -0.25) is 9.89 Å². The first kappa shape index (κ1) is 14.4. The number of H-pyrrole nitrogens is 1. The number of hydrogen-bond acceptors (Lipinski definition) is 3. The summed E-state index contributed by atoms with van der Waals surface area (Å²) in [5, 5.41) is 21.5. The second-order valence-corrected chi connectivity index (χ2v) is 5.51. The monoisotopic (exact) mass is 280 g/mol. The van der Waals surface area contributed by atoms with Gasteiger partial charge in [0.1, 0.15) is 0 Å². The number of hydrogen-bond donors (Lipinski definition) is 4. The number of rotatable bonds is 4. The number of carbonyl (C=O) groups is 2. The Morgan fingerprint density at radius 3 is 2.95 bits per heavy atom. The third-order valence-electron chi connectivity index (χ3n) is 4.13. The van der Waals surface area contributed by atoms with Crippen molar-refractivity contribution in [3.8, 4) is 0 Å². The predicted octanol–water partition coefficient (Wildman–Crippen LogP) is 1.16. The van der Waals surface area contributed by atoms with E-state index in [0.717, 1.165) is 17.7 Å². The molecule has 2 amide bonds. The summed E-state index contributed by atoms with van der Waals surface area (Å²) >= 11 is 0. The van der Waals surface area contributed by atoms with Crippen molar-refractivity contribution in [2.75, 3.05) is 0 Å². The van der Waals surface area contributed by atoms with E-state index in [9.17, 15) is 14.7 Å². The van der Waals surface area contributed by atoms with E-state index in [-0.39, 0.29) is 12.1 Å². The normalized spacial score (nSPS) is 25.4. The van der Waals surface area contributed by atoms with Crippen molar-refractivity contribution in [3.05, 3.63) is 17.5 Å². The van der Waals surface area contributed by atoms with Gasteiger partial charge in [0.15, 0.2) is 0 Å². The Hall–Kier alpha value is -2.05. The number of urea groups is 1. The predicted molar refractivity (Wildman–Crippen MR) is 72.1 cm³/mol. The number of carboxylic acid groups (broad SMARTS) is 1. The van der Waals surface area contributed by atoms with Gasteiger partial charge in [-0.2, -0.15) is 5.10 Å². The minimum absolute atomic E-state index is 0.328. The highest BCUT2D eigenvalue weighted by Crippen LogP contribution is 2.38. The maximum atomic E-state index is 11.9. The second kappa shape index (κ2) is 5.52. The average Bonchev–Trinajstić information content (AvgIpc) is 2.95. The van der Waals surface area contributed by atoms with E-state index in [2.05, 4.69) is 20.8 Å². The number of aliphatic carboxylic acids is 1. The van der Waals surface area contributed by atoms with Crippen LogP contribution in [0.4, 0.5) is 4.79 Å². The van der Waals surface area contributed by atoms with E-state index in [1.54, 1.807) is 13.1 Å². The molecule has 1 aromatic rings. The van der Waals surface area contributed by atoms with Gasteiger partial charge in [-0.25, -0.2) is 4.79 Å². The van der Waals surface area contributed by atoms with E-state index in [4.69, 9.17) is 0 Å². The molecule has 0 aliphatic heterocycles. The molecule has 1 heterocycles. The molecule has 1 aromatic heterocycles. The van der Waals surface area contributed by atoms with Crippen LogP contribution in [0.2, 0.25) is 0 Å². The highest BCUT2D eigenvalue weighted by Gasteiger charge is 2.45. The summed E-state index contributed by atoms with van der Waals surface area (Å²) in [7, 11) is 0. The van der Waals surface area contributed by atoms with E-state index in [1.807, 2.05) is 6.92 Å². The Bertz CT molecular complexity index is 513. The lowest BCUT2D eigenvalue weighted by Crippen LogP contribution is -2.50. The number of carboxylic acids is 1. The maximum absolute atomic E-state index is 11.9. The summed E-state index contributed by atoms with van der Waals surface area (Å²) in [4.78, 5) is 23.2. The molecular formula is C13H20N4O3. The van der Waals surface area contributed by atoms with Crippen LogP contribution in [0.15, 0.2) is 6.20 Å². The van der Waals surface area contributed by atoms with Gasteiger partial charge in [0, 0.05) is 23.8 Å². The summed E-state index contributed by atoms with van der Waals surface area (Å²) in [5.41, 5.74) is 0.942. The number of aryl methyl sites for hydroxylation is 1. The van der Waals surface area contributed by atoms with Crippen LogP contribution in [-0.2, 0) is 11.3 Å². The zero-order valence-corrected chi connectivity index (χ0v) is 11.7. The number of aromatic amines is 1. The molecule has 2 rings (SSSR count). The van der Waals surface area contributed by atoms with Crippen LogP contribution >= 0.6 is 0 Å². The molecule has 1 aliphatic rings. The molecule has 0 aromatic carbocycles. The van der Waals surface area contributed by atoms with Gasteiger partial charge in [-0.05, 0) is 26.7 Å². The third kappa shape index (κ3) is 2.76. The molecule has 1 aliphatic carbocycles. The highest BCUT2D eigenvalue weighted by atomic mass is 16.4. The average molecular weight is 280 g/mol. The molecule has 0 radical (unpaired) electrons. The Balaban J connectivity index is 1.88. The molecule has 110 valence electrons. The fourth-order valence-corrected chi connectivity index (χ4v) is 2.59. The Labute approximate surface area is 117 Å². The van der Waals surface area contributed by atoms with Crippen LogP contribution in [0.25, 0.3) is 0 Å². The van der Waals surface area contributed by atoms with Crippen molar-refractivity contribution >= 4 is 12.0 Å². The number of aromatic nitrogens is 2. The van der Waals surface area contributed by atoms with E-state index in [1.165, 1.54) is 0 Å². The summed E-state index contributed by atoms with van der Waals surface area (Å²) in [6.07, 6.45) is 3.76. The largest absolute Gasteiger partial charge is 0.481 e. The van der Waals surface area contributed by atoms with Gasteiger partial charge >= 0.3 is 12.0 Å². The summed E-state index contributed by atoms with van der Waals surface area (Å²) in [6.45, 7) is 3.93. The minimum atomic E-state index is -0.872. The van der Waals surface area contributed by atoms with Gasteiger partial charge in [0.25, 0.3) is 0 Å². The standard InChI is InChI=1S/C13H20N4O3/c1-8-9(7-15-17-8)6-14-12(20)16-10-4-3-5-13(10,2)11(18)19/h7,10H,3-6H2,1-2H3,(H,15,17)(H,18,19)(H2,14,16,20). The Morgan fingerprint density at radius 2 is 2.35 bits per heavy atom. The van der Waals surface area contributed by atoms with E-state index >= 15 is 0 Å². The van der Waals surface area contributed by atoms with Gasteiger partial charge in [0.05, 0.1) is 11.6 Å². The molecule has 4 N–H and O–H groups in total. The second-order valence-electron chi connectivity index (χ2n) is 5.51. The SMILES string of the molecule is Cc1[nH]ncc1CNC(=O)NC1CCCC1(C)C(=O)O. The molecule has 7 heteroatoms. The first-order chi connectivity index (χ1) is 9.43. The van der Waals surface area contributed by atoms with Crippen molar-refractivity contribution in [1.82, 2.24) is 20.8 Å². The lowest BCUT2D eigenvalue weighted by Gasteiger charge is -2.27. The zero-order valence-electron chi connectivity index (χ0n) is 11.7. The quantitative estimate of drug-likeness (QED) is 0.663. The summed E-state index contributed by atoms with van der Waals surface area (Å²) < 4.78 is 0. The number of nitrogens with one attached hydrogen (secondary N) is 3. The molecular weight excluding hydrogens is 260 g/mol. The fraction of sp³-hybridized carbons (Fsp3) is 0.615. The van der Waals surface area contributed by atoms with Gasteiger partial charge in [-0.15, -0.1) is 0 Å². The van der Waals surface area contributed by atoms with Crippen LogP contribution in [0.1, 0.15) is 37.4 Å². The van der Waals surface area contributed by atoms with Crippen LogP contribution < -0.4 is 10.6 Å². The molecule has 2 atom stereocenters. The highest BCUT2D eigenvalue weighted by molar-refractivity contribution is 5.79. The smallest absolute Gasteiger partial charge is 0.315 e. The van der Waals surface area contributed by atoms with Crippen molar-refractivity contribution < 1.29 is 14.7 Å². The molecule has 0 spiro atoms. The number of nitrogens with zero attached hydrogens (tertiary/aromatic N) is 1. The topological polar surface area (TPSA) is 107 Å². The summed E-state index contributed by atoms with van der Waals surface area (Å²) in [5.74, 6) is -0.856. The van der Waals surface area contributed by atoms with Crippen molar-refractivity contribution in [2.24, 2.45) is 5.41 Å². The van der Waals surface area contributed by atoms with Crippen LogP contribution in [0.5, 0.6) is 0 Å². The molecule has 0 saturated heterocycles. The lowest BCUT2D eigenvalue weighted by molar-refractivity contribution is -0.148. The van der Waals surface area contributed by atoms with E-state index in [0.29, 0.717) is 19.4 Å². The third-order valence-corrected chi connectivity index (χ3v) is 4.13. The molecule has 2 unspecified atom stereocenters. The minimum Gasteiger partial charge on any atom is -0.481 e. The fourth-order valence-electron chi connectivity index (χ4n) is 2.59. The van der Waals surface area contributed by atoms with Crippen LogP contribution in [0, 0.1) is 12.3 Å². The summed E-state index contributed by atoms with van der Waals surface area (Å²) in [6, 6.07) is -0.671.